The van der Waals surface area contributed by atoms with Crippen molar-refractivity contribution >= 4 is 10.8 Å². The van der Waals surface area contributed by atoms with Crippen LogP contribution in [0.5, 0.6) is 0 Å². The molecule has 0 spiro atoms. The van der Waals surface area contributed by atoms with E-state index < -0.39 is 0 Å². The molecule has 0 heterocycles. The van der Waals surface area contributed by atoms with Gasteiger partial charge >= 0.3 is 0 Å². The van der Waals surface area contributed by atoms with E-state index >= 15 is 0 Å². The Kier molecular flexibility index (Phi) is 3.33. The molecule has 0 bridgehead atoms. The summed E-state index contributed by atoms with van der Waals surface area (Å²) in [7, 11) is 0. The van der Waals surface area contributed by atoms with Gasteiger partial charge in [0.05, 0.1) is 0 Å². The van der Waals surface area contributed by atoms with Gasteiger partial charge in [-0.15, -0.1) is 0 Å². The number of hydrogen-bond acceptors (Lipinski definition) is 0. The first-order valence-corrected chi connectivity index (χ1v) is 7.56. The molecule has 0 unspecified atom stereocenters. The van der Waals surface area contributed by atoms with Crippen molar-refractivity contribution < 1.29 is 0 Å². The van der Waals surface area contributed by atoms with Gasteiger partial charge < -0.3 is 0 Å². The first-order valence-electron chi connectivity index (χ1n) is 7.56. The summed E-state index contributed by atoms with van der Waals surface area (Å²) in [6.45, 7) is 8.94. The Morgan fingerprint density at radius 2 is 1.29 bits per heavy atom. The van der Waals surface area contributed by atoms with Gasteiger partial charge in [0.25, 0.3) is 0 Å². The Bertz CT molecular complexity index is 771. The van der Waals surface area contributed by atoms with Crippen molar-refractivity contribution in [1.82, 2.24) is 0 Å². The fourth-order valence-electron chi connectivity index (χ4n) is 2.85. The van der Waals surface area contributed by atoms with E-state index in [4.69, 9.17) is 0 Å². The van der Waals surface area contributed by atoms with E-state index in [-0.39, 0.29) is 5.41 Å². The number of rotatable bonds is 1. The minimum absolute atomic E-state index is 0.202. The molecule has 0 N–H and O–H groups in total. The van der Waals surface area contributed by atoms with Crippen molar-refractivity contribution in [3.8, 4) is 11.1 Å². The second kappa shape index (κ2) is 5.04. The maximum absolute atomic E-state index is 2.25. The van der Waals surface area contributed by atoms with Crippen LogP contribution in [0, 0.1) is 6.92 Å². The summed E-state index contributed by atoms with van der Waals surface area (Å²) in [5.74, 6) is 0. The molecule has 0 aliphatic carbocycles. The molecule has 0 aromatic heterocycles. The molecular weight excluding hydrogens is 252 g/mol. The van der Waals surface area contributed by atoms with Crippen LogP contribution in [-0.2, 0) is 5.41 Å². The maximum Gasteiger partial charge on any atom is -0.0103 e. The van der Waals surface area contributed by atoms with Gasteiger partial charge in [0.2, 0.25) is 0 Å². The standard InChI is InChI=1S/C21H22/c1-15-9-14-19(20-8-6-5-7-18(15)20)16-10-12-17(13-11-16)21(2,3)4/h5-14H,1-4H3. The predicted molar refractivity (Wildman–Crippen MR) is 92.8 cm³/mol. The second-order valence-electron chi connectivity index (χ2n) is 6.80. The molecule has 3 rings (SSSR count). The van der Waals surface area contributed by atoms with E-state index in [0.717, 1.165) is 0 Å². The largest absolute Gasteiger partial charge is 0.0616 e. The molecule has 0 nitrogen and oxygen atoms in total. The lowest BCUT2D eigenvalue weighted by Crippen LogP contribution is -2.10. The quantitative estimate of drug-likeness (QED) is 0.502. The Balaban J connectivity index is 2.15. The molecule has 0 radical (unpaired) electrons. The zero-order valence-corrected chi connectivity index (χ0v) is 13.3. The minimum Gasteiger partial charge on any atom is -0.0616 e. The molecule has 0 amide bonds. The number of fused-ring (bicyclic) bond motifs is 1. The summed E-state index contributed by atoms with van der Waals surface area (Å²) in [4.78, 5) is 0. The Labute approximate surface area is 127 Å². The van der Waals surface area contributed by atoms with Crippen molar-refractivity contribution in [2.24, 2.45) is 0 Å². The van der Waals surface area contributed by atoms with Gasteiger partial charge in [0.15, 0.2) is 0 Å². The van der Waals surface area contributed by atoms with E-state index in [2.05, 4.69) is 88.4 Å². The molecule has 0 heteroatoms. The molecule has 3 aromatic rings. The molecular formula is C21H22. The van der Waals surface area contributed by atoms with Gasteiger partial charge in [-0.25, -0.2) is 0 Å². The third-order valence-corrected chi connectivity index (χ3v) is 4.20. The molecule has 0 aliphatic heterocycles. The second-order valence-corrected chi connectivity index (χ2v) is 6.80. The fourth-order valence-corrected chi connectivity index (χ4v) is 2.85. The van der Waals surface area contributed by atoms with Gasteiger partial charge in [-0.2, -0.15) is 0 Å². The van der Waals surface area contributed by atoms with Crippen LogP contribution in [0.15, 0.2) is 60.7 Å². The van der Waals surface area contributed by atoms with Crippen molar-refractivity contribution in [3.63, 3.8) is 0 Å². The average Bonchev–Trinajstić information content (AvgIpc) is 2.47. The number of aryl methyl sites for hydroxylation is 1. The van der Waals surface area contributed by atoms with Crippen LogP contribution < -0.4 is 0 Å². The van der Waals surface area contributed by atoms with Crippen LogP contribution in [0.3, 0.4) is 0 Å². The molecule has 0 saturated heterocycles. The summed E-state index contributed by atoms with van der Waals surface area (Å²) in [6, 6.07) is 22.1. The molecule has 3 aromatic carbocycles. The molecule has 0 saturated carbocycles. The monoisotopic (exact) mass is 274 g/mol. The van der Waals surface area contributed by atoms with Crippen LogP contribution in [-0.4, -0.2) is 0 Å². The van der Waals surface area contributed by atoms with Crippen LogP contribution in [0.25, 0.3) is 21.9 Å². The lowest BCUT2D eigenvalue weighted by Gasteiger charge is -2.19. The zero-order chi connectivity index (χ0) is 15.0. The highest BCUT2D eigenvalue weighted by atomic mass is 14.2. The molecule has 0 fully saturated rings. The zero-order valence-electron chi connectivity index (χ0n) is 13.3. The van der Waals surface area contributed by atoms with E-state index in [1.54, 1.807) is 0 Å². The topological polar surface area (TPSA) is 0 Å². The summed E-state index contributed by atoms with van der Waals surface area (Å²) >= 11 is 0. The summed E-state index contributed by atoms with van der Waals surface area (Å²) in [5.41, 5.74) is 5.52. The smallest absolute Gasteiger partial charge is 0.0103 e. The van der Waals surface area contributed by atoms with Gasteiger partial charge in [0.1, 0.15) is 0 Å². The fraction of sp³-hybridized carbons (Fsp3) is 0.238. The third-order valence-electron chi connectivity index (χ3n) is 4.20. The van der Waals surface area contributed by atoms with Gasteiger partial charge in [-0.05, 0) is 45.4 Å². The van der Waals surface area contributed by atoms with Crippen molar-refractivity contribution in [1.29, 1.82) is 0 Å². The Hall–Kier alpha value is -2.08. The summed E-state index contributed by atoms with van der Waals surface area (Å²) in [5, 5.41) is 2.68. The highest BCUT2D eigenvalue weighted by molar-refractivity contribution is 5.98. The Morgan fingerprint density at radius 3 is 1.90 bits per heavy atom. The van der Waals surface area contributed by atoms with Gasteiger partial charge in [-0.3, -0.25) is 0 Å². The highest BCUT2D eigenvalue weighted by Gasteiger charge is 2.13. The SMILES string of the molecule is Cc1ccc(-c2ccc(C(C)(C)C)cc2)c2ccccc12. The number of hydrogen-bond donors (Lipinski definition) is 0. The molecule has 0 atom stereocenters. The number of benzene rings is 3. The van der Waals surface area contributed by atoms with Crippen LogP contribution in [0.1, 0.15) is 31.9 Å². The molecule has 21 heavy (non-hydrogen) atoms. The van der Waals surface area contributed by atoms with Crippen LogP contribution in [0.4, 0.5) is 0 Å². The van der Waals surface area contributed by atoms with Crippen molar-refractivity contribution in [2.45, 2.75) is 33.1 Å². The minimum atomic E-state index is 0.202. The lowest BCUT2D eigenvalue weighted by atomic mass is 9.86. The normalized spacial score (nSPS) is 11.8. The van der Waals surface area contributed by atoms with E-state index in [9.17, 15) is 0 Å². The maximum atomic E-state index is 2.25. The third kappa shape index (κ3) is 2.58. The van der Waals surface area contributed by atoms with Crippen molar-refractivity contribution in [3.05, 3.63) is 71.8 Å². The van der Waals surface area contributed by atoms with E-state index in [1.165, 1.54) is 33.0 Å². The van der Waals surface area contributed by atoms with E-state index in [1.807, 2.05) is 0 Å². The highest BCUT2D eigenvalue weighted by Crippen LogP contribution is 2.32. The Morgan fingerprint density at radius 1 is 0.667 bits per heavy atom. The van der Waals surface area contributed by atoms with Gasteiger partial charge in [-0.1, -0.05) is 81.4 Å². The van der Waals surface area contributed by atoms with Crippen molar-refractivity contribution in [2.75, 3.05) is 0 Å². The van der Waals surface area contributed by atoms with E-state index in [0.29, 0.717) is 0 Å². The predicted octanol–water partition coefficient (Wildman–Crippen LogP) is 6.11. The van der Waals surface area contributed by atoms with Gasteiger partial charge in [0, 0.05) is 0 Å². The lowest BCUT2D eigenvalue weighted by molar-refractivity contribution is 0.590. The summed E-state index contributed by atoms with van der Waals surface area (Å²) in [6.07, 6.45) is 0. The first kappa shape index (κ1) is 13.9. The van der Waals surface area contributed by atoms with Crippen LogP contribution in [0.2, 0.25) is 0 Å². The first-order chi connectivity index (χ1) is 9.97. The summed E-state index contributed by atoms with van der Waals surface area (Å²) < 4.78 is 0. The van der Waals surface area contributed by atoms with Crippen LogP contribution >= 0.6 is 0 Å². The molecule has 0 aliphatic rings. The molecule has 106 valence electrons. The average molecular weight is 274 g/mol.